The predicted molar refractivity (Wildman–Crippen MR) is 84.5 cm³/mol. The first-order valence-corrected chi connectivity index (χ1v) is 6.79. The van der Waals surface area contributed by atoms with Crippen LogP contribution in [0, 0.1) is 0 Å². The van der Waals surface area contributed by atoms with Gasteiger partial charge in [-0.1, -0.05) is 69.9 Å². The lowest BCUT2D eigenvalue weighted by molar-refractivity contribution is 1.39. The fraction of sp³-hybridized carbons (Fsp3) is 0. The lowest BCUT2D eigenvalue weighted by atomic mass is 9.96. The fourth-order valence-electron chi connectivity index (χ4n) is 2.24. The molecule has 92 valence electrons. The van der Waals surface area contributed by atoms with Crippen LogP contribution in [0.25, 0.3) is 22.3 Å². The molecule has 0 fully saturated rings. The minimum atomic E-state index is 0.979. The SMILES string of the molecule is Pc1nccc(-c2ccccc2)c1-c1ccccc1. The highest BCUT2D eigenvalue weighted by atomic mass is 31.0. The summed E-state index contributed by atoms with van der Waals surface area (Å²) >= 11 is 0. The van der Waals surface area contributed by atoms with Crippen LogP contribution < -0.4 is 5.44 Å². The maximum Gasteiger partial charge on any atom is 0.0653 e. The van der Waals surface area contributed by atoms with E-state index in [2.05, 4.69) is 68.8 Å². The van der Waals surface area contributed by atoms with Gasteiger partial charge in [0.25, 0.3) is 0 Å². The number of hydrogen-bond donors (Lipinski definition) is 0. The van der Waals surface area contributed by atoms with Crippen molar-refractivity contribution >= 4 is 14.7 Å². The molecule has 1 unspecified atom stereocenters. The van der Waals surface area contributed by atoms with Gasteiger partial charge >= 0.3 is 0 Å². The largest absolute Gasteiger partial charge is 0.256 e. The summed E-state index contributed by atoms with van der Waals surface area (Å²) in [7, 11) is 2.73. The molecule has 3 rings (SSSR count). The molecule has 0 saturated heterocycles. The zero-order valence-corrected chi connectivity index (χ0v) is 11.6. The standard InChI is InChI=1S/C17H14NP/c19-17-16(14-9-5-2-6-10-14)15(11-12-18-17)13-7-3-1-4-8-13/h1-12H,19H2. The maximum absolute atomic E-state index is 4.40. The van der Waals surface area contributed by atoms with Crippen LogP contribution in [-0.2, 0) is 0 Å². The molecule has 1 nitrogen and oxygen atoms in total. The van der Waals surface area contributed by atoms with Gasteiger partial charge in [0.05, 0.1) is 5.44 Å². The van der Waals surface area contributed by atoms with Gasteiger partial charge in [-0.3, -0.25) is 4.98 Å². The van der Waals surface area contributed by atoms with E-state index < -0.39 is 0 Å². The summed E-state index contributed by atoms with van der Waals surface area (Å²) in [6, 6.07) is 22.9. The van der Waals surface area contributed by atoms with Gasteiger partial charge in [-0.05, 0) is 22.8 Å². The van der Waals surface area contributed by atoms with Crippen LogP contribution in [-0.4, -0.2) is 4.98 Å². The maximum atomic E-state index is 4.40. The normalized spacial score (nSPS) is 10.4. The Hall–Kier alpha value is -1.98. The first-order valence-electron chi connectivity index (χ1n) is 6.21. The van der Waals surface area contributed by atoms with Crippen LogP contribution in [0.3, 0.4) is 0 Å². The number of benzene rings is 2. The second kappa shape index (κ2) is 5.34. The van der Waals surface area contributed by atoms with Gasteiger partial charge in [0.15, 0.2) is 0 Å². The van der Waals surface area contributed by atoms with Crippen molar-refractivity contribution in [3.63, 3.8) is 0 Å². The van der Waals surface area contributed by atoms with Crippen molar-refractivity contribution in [1.29, 1.82) is 0 Å². The lowest BCUT2D eigenvalue weighted by Crippen LogP contribution is -2.03. The first kappa shape index (κ1) is 12.1. The van der Waals surface area contributed by atoms with E-state index >= 15 is 0 Å². The van der Waals surface area contributed by atoms with E-state index in [9.17, 15) is 0 Å². The monoisotopic (exact) mass is 263 g/mol. The number of pyridine rings is 1. The van der Waals surface area contributed by atoms with Gasteiger partial charge in [0.2, 0.25) is 0 Å². The molecule has 1 aromatic heterocycles. The van der Waals surface area contributed by atoms with Gasteiger partial charge in [0, 0.05) is 11.8 Å². The quantitative estimate of drug-likeness (QED) is 0.639. The Morgan fingerprint density at radius 2 is 1.26 bits per heavy atom. The van der Waals surface area contributed by atoms with Gasteiger partial charge < -0.3 is 0 Å². The van der Waals surface area contributed by atoms with Crippen molar-refractivity contribution in [1.82, 2.24) is 4.98 Å². The van der Waals surface area contributed by atoms with Crippen molar-refractivity contribution < 1.29 is 0 Å². The summed E-state index contributed by atoms with van der Waals surface area (Å²) in [4.78, 5) is 4.40. The minimum Gasteiger partial charge on any atom is -0.256 e. The smallest absolute Gasteiger partial charge is 0.0653 e. The van der Waals surface area contributed by atoms with E-state index in [1.54, 1.807) is 0 Å². The highest BCUT2D eigenvalue weighted by molar-refractivity contribution is 7.27. The van der Waals surface area contributed by atoms with E-state index in [1.807, 2.05) is 18.3 Å². The summed E-state index contributed by atoms with van der Waals surface area (Å²) in [5.74, 6) is 0. The Balaban J connectivity index is 2.25. The fourth-order valence-corrected chi connectivity index (χ4v) is 2.65. The first-order chi connectivity index (χ1) is 9.36. The number of aromatic nitrogens is 1. The molecule has 3 aromatic rings. The van der Waals surface area contributed by atoms with E-state index in [4.69, 9.17) is 0 Å². The molecule has 1 heterocycles. The lowest BCUT2D eigenvalue weighted by Gasteiger charge is -2.12. The molecule has 0 spiro atoms. The number of nitrogens with zero attached hydrogens (tertiary/aromatic N) is 1. The third-order valence-corrected chi connectivity index (χ3v) is 3.57. The molecule has 0 amide bonds. The van der Waals surface area contributed by atoms with Gasteiger partial charge in [-0.2, -0.15) is 0 Å². The molecule has 0 radical (unpaired) electrons. The molecular formula is C17H14NP. The van der Waals surface area contributed by atoms with Crippen LogP contribution in [0.2, 0.25) is 0 Å². The van der Waals surface area contributed by atoms with Gasteiger partial charge in [-0.15, -0.1) is 0 Å². The minimum absolute atomic E-state index is 0.979. The van der Waals surface area contributed by atoms with Crippen LogP contribution in [0.5, 0.6) is 0 Å². The number of rotatable bonds is 2. The molecule has 0 aliphatic heterocycles. The molecule has 0 aliphatic rings. The second-order valence-corrected chi connectivity index (χ2v) is 4.90. The van der Waals surface area contributed by atoms with Crippen molar-refractivity contribution in [2.24, 2.45) is 0 Å². The summed E-state index contributed by atoms with van der Waals surface area (Å²) in [5, 5.41) is 0. The topological polar surface area (TPSA) is 12.9 Å². The summed E-state index contributed by atoms with van der Waals surface area (Å²) in [6.45, 7) is 0. The summed E-state index contributed by atoms with van der Waals surface area (Å²) < 4.78 is 0. The summed E-state index contributed by atoms with van der Waals surface area (Å²) in [6.07, 6.45) is 1.86. The summed E-state index contributed by atoms with van der Waals surface area (Å²) in [5.41, 5.74) is 5.78. The molecule has 0 saturated carbocycles. The van der Waals surface area contributed by atoms with Crippen molar-refractivity contribution in [2.45, 2.75) is 0 Å². The molecular weight excluding hydrogens is 249 g/mol. The Morgan fingerprint density at radius 1 is 0.684 bits per heavy atom. The molecule has 0 aliphatic carbocycles. The van der Waals surface area contributed by atoms with Crippen LogP contribution in [0.1, 0.15) is 0 Å². The van der Waals surface area contributed by atoms with Crippen LogP contribution in [0.15, 0.2) is 72.9 Å². The van der Waals surface area contributed by atoms with Crippen LogP contribution in [0.4, 0.5) is 0 Å². The Bertz CT molecular complexity index is 678. The highest BCUT2D eigenvalue weighted by Gasteiger charge is 2.10. The second-order valence-electron chi connectivity index (χ2n) is 4.35. The molecule has 1 atom stereocenters. The van der Waals surface area contributed by atoms with Gasteiger partial charge in [0.1, 0.15) is 0 Å². The van der Waals surface area contributed by atoms with Gasteiger partial charge in [-0.25, -0.2) is 0 Å². The third kappa shape index (κ3) is 2.43. The molecule has 0 N–H and O–H groups in total. The third-order valence-electron chi connectivity index (χ3n) is 3.13. The van der Waals surface area contributed by atoms with E-state index in [1.165, 1.54) is 22.3 Å². The molecule has 19 heavy (non-hydrogen) atoms. The Kier molecular flexibility index (Phi) is 3.39. The predicted octanol–water partition coefficient (Wildman–Crippen LogP) is 3.92. The zero-order chi connectivity index (χ0) is 13.1. The zero-order valence-electron chi connectivity index (χ0n) is 10.5. The average Bonchev–Trinajstić information content (AvgIpc) is 2.49. The van der Waals surface area contributed by atoms with Crippen molar-refractivity contribution in [2.75, 3.05) is 0 Å². The van der Waals surface area contributed by atoms with E-state index in [0.717, 1.165) is 5.44 Å². The van der Waals surface area contributed by atoms with Crippen molar-refractivity contribution in [3.8, 4) is 22.3 Å². The van der Waals surface area contributed by atoms with Crippen LogP contribution >= 0.6 is 9.24 Å². The number of hydrogen-bond acceptors (Lipinski definition) is 1. The van der Waals surface area contributed by atoms with E-state index in [-0.39, 0.29) is 0 Å². The van der Waals surface area contributed by atoms with E-state index in [0.29, 0.717) is 0 Å². The molecule has 2 aromatic carbocycles. The van der Waals surface area contributed by atoms with Crippen molar-refractivity contribution in [3.05, 3.63) is 72.9 Å². The average molecular weight is 263 g/mol. The molecule has 2 heteroatoms. The molecule has 0 bridgehead atoms. The highest BCUT2D eigenvalue weighted by Crippen LogP contribution is 2.30. The Labute approximate surface area is 115 Å². The Morgan fingerprint density at radius 3 is 1.89 bits per heavy atom.